The highest BCUT2D eigenvalue weighted by molar-refractivity contribution is 9.10. The van der Waals surface area contributed by atoms with Crippen molar-refractivity contribution < 1.29 is 9.53 Å². The first-order chi connectivity index (χ1) is 14.1. The monoisotopic (exact) mass is 482 g/mol. The van der Waals surface area contributed by atoms with Gasteiger partial charge in [0.15, 0.2) is 0 Å². The summed E-state index contributed by atoms with van der Waals surface area (Å²) in [6.45, 7) is 2.96. The van der Waals surface area contributed by atoms with Gasteiger partial charge in [-0.2, -0.15) is 0 Å². The molecule has 2 amide bonds. The van der Waals surface area contributed by atoms with Gasteiger partial charge >= 0.3 is 6.03 Å². The predicted octanol–water partition coefficient (Wildman–Crippen LogP) is 5.23. The van der Waals surface area contributed by atoms with Gasteiger partial charge in [0.1, 0.15) is 12.4 Å². The van der Waals surface area contributed by atoms with Gasteiger partial charge in [-0.3, -0.25) is 0 Å². The number of halogens is 2. The molecule has 0 saturated heterocycles. The minimum Gasteiger partial charge on any atom is -0.490 e. The molecule has 2 aromatic carbocycles. The molecule has 29 heavy (non-hydrogen) atoms. The smallest absolute Gasteiger partial charge is 0.323 e. The Balaban J connectivity index is 1.79. The third-order valence-corrected chi connectivity index (χ3v) is 4.98. The van der Waals surface area contributed by atoms with Gasteiger partial charge in [-0.25, -0.2) is 4.79 Å². The van der Waals surface area contributed by atoms with Gasteiger partial charge in [0, 0.05) is 11.0 Å². The maximum Gasteiger partial charge on any atom is 0.323 e. The van der Waals surface area contributed by atoms with Gasteiger partial charge in [0.2, 0.25) is 0 Å². The number of hydrogen-bond acceptors (Lipinski definition) is 4. The van der Waals surface area contributed by atoms with Crippen LogP contribution in [0.3, 0.4) is 0 Å². The number of nitrogens with two attached hydrogens (primary N) is 1. The van der Waals surface area contributed by atoms with E-state index in [-0.39, 0.29) is 0 Å². The Morgan fingerprint density at radius 1 is 1.00 bits per heavy atom. The van der Waals surface area contributed by atoms with E-state index in [4.69, 9.17) is 22.1 Å². The Kier molecular flexibility index (Phi) is 10.9. The van der Waals surface area contributed by atoms with Crippen molar-refractivity contribution in [3.63, 3.8) is 0 Å². The molecule has 0 heterocycles. The maximum atomic E-state index is 12.3. The number of amides is 2. The summed E-state index contributed by atoms with van der Waals surface area (Å²) < 4.78 is 6.68. The largest absolute Gasteiger partial charge is 0.490 e. The van der Waals surface area contributed by atoms with Crippen molar-refractivity contribution in [2.24, 2.45) is 5.73 Å². The second kappa shape index (κ2) is 13.4. The number of para-hydroxylation sites is 1. The summed E-state index contributed by atoms with van der Waals surface area (Å²) >= 11 is 9.51. The van der Waals surface area contributed by atoms with Crippen molar-refractivity contribution in [1.29, 1.82) is 0 Å². The van der Waals surface area contributed by atoms with Gasteiger partial charge in [0.25, 0.3) is 0 Å². The average Bonchev–Trinajstić information content (AvgIpc) is 2.70. The lowest BCUT2D eigenvalue weighted by molar-refractivity contribution is 0.262. The predicted molar refractivity (Wildman–Crippen MR) is 124 cm³/mol. The molecule has 0 aliphatic rings. The van der Waals surface area contributed by atoms with Crippen LogP contribution >= 0.6 is 27.5 Å². The van der Waals surface area contributed by atoms with Crippen LogP contribution in [0.4, 0.5) is 16.2 Å². The van der Waals surface area contributed by atoms with Crippen LogP contribution in [0.1, 0.15) is 25.7 Å². The summed E-state index contributed by atoms with van der Waals surface area (Å²) in [5.41, 5.74) is 6.61. The number of nitrogens with one attached hydrogen (secondary N) is 3. The van der Waals surface area contributed by atoms with E-state index in [1.165, 1.54) is 12.8 Å². The van der Waals surface area contributed by atoms with Crippen molar-refractivity contribution in [3.05, 3.63) is 52.0 Å². The molecule has 0 bridgehead atoms. The zero-order valence-corrected chi connectivity index (χ0v) is 18.7. The first kappa shape index (κ1) is 23.5. The van der Waals surface area contributed by atoms with Crippen LogP contribution in [0.2, 0.25) is 5.02 Å². The average molecular weight is 484 g/mol. The molecule has 0 radical (unpaired) electrons. The number of hydrogen-bond donors (Lipinski definition) is 4. The zero-order chi connectivity index (χ0) is 20.9. The summed E-state index contributed by atoms with van der Waals surface area (Å²) in [6.07, 6.45) is 4.59. The summed E-state index contributed by atoms with van der Waals surface area (Å²) in [5.74, 6) is 0.604. The molecular weight excluding hydrogens is 456 g/mol. The fourth-order valence-corrected chi connectivity index (χ4v) is 3.21. The number of ether oxygens (including phenoxy) is 1. The van der Waals surface area contributed by atoms with Crippen molar-refractivity contribution in [3.8, 4) is 5.75 Å². The molecule has 0 aromatic heterocycles. The minimum atomic E-state index is -0.392. The Labute approximate surface area is 185 Å². The number of benzene rings is 2. The SMILES string of the molecule is NCCCCCCNCCOc1ccc(Br)cc1NC(=O)Nc1ccccc1Cl. The molecule has 0 saturated carbocycles. The van der Waals surface area contributed by atoms with E-state index in [1.807, 2.05) is 12.1 Å². The van der Waals surface area contributed by atoms with E-state index in [0.717, 1.165) is 36.9 Å². The molecule has 0 aliphatic carbocycles. The highest BCUT2D eigenvalue weighted by atomic mass is 79.9. The normalized spacial score (nSPS) is 10.6. The molecular formula is C21H28BrClN4O2. The fourth-order valence-electron chi connectivity index (χ4n) is 2.67. The number of carbonyl (C=O) groups excluding carboxylic acids is 1. The molecule has 6 nitrogen and oxygen atoms in total. The van der Waals surface area contributed by atoms with Gasteiger partial charge < -0.3 is 26.4 Å². The Morgan fingerprint density at radius 2 is 1.76 bits per heavy atom. The van der Waals surface area contributed by atoms with Crippen LogP contribution in [-0.4, -0.2) is 32.3 Å². The zero-order valence-electron chi connectivity index (χ0n) is 16.3. The van der Waals surface area contributed by atoms with E-state index < -0.39 is 6.03 Å². The number of anilines is 2. The molecule has 5 N–H and O–H groups in total. The van der Waals surface area contributed by atoms with Gasteiger partial charge in [-0.05, 0) is 56.3 Å². The van der Waals surface area contributed by atoms with Gasteiger partial charge in [-0.1, -0.05) is 52.5 Å². The highest BCUT2D eigenvalue weighted by Gasteiger charge is 2.10. The van der Waals surface area contributed by atoms with Crippen LogP contribution in [0.5, 0.6) is 5.75 Å². The van der Waals surface area contributed by atoms with E-state index in [2.05, 4.69) is 31.9 Å². The quantitative estimate of drug-likeness (QED) is 0.311. The molecule has 0 unspecified atom stereocenters. The Morgan fingerprint density at radius 3 is 2.55 bits per heavy atom. The van der Waals surface area contributed by atoms with Crippen LogP contribution in [0.15, 0.2) is 46.9 Å². The van der Waals surface area contributed by atoms with Gasteiger partial charge in [-0.15, -0.1) is 0 Å². The van der Waals surface area contributed by atoms with Crippen molar-refractivity contribution in [1.82, 2.24) is 5.32 Å². The molecule has 0 spiro atoms. The van der Waals surface area contributed by atoms with Crippen molar-refractivity contribution in [2.45, 2.75) is 25.7 Å². The van der Waals surface area contributed by atoms with E-state index in [9.17, 15) is 4.79 Å². The lowest BCUT2D eigenvalue weighted by Crippen LogP contribution is -2.23. The van der Waals surface area contributed by atoms with Crippen LogP contribution in [-0.2, 0) is 0 Å². The Hall–Kier alpha value is -1.80. The highest BCUT2D eigenvalue weighted by Crippen LogP contribution is 2.29. The van der Waals surface area contributed by atoms with Crippen molar-refractivity contribution >= 4 is 44.9 Å². The number of urea groups is 1. The lowest BCUT2D eigenvalue weighted by atomic mass is 10.2. The molecule has 2 rings (SSSR count). The second-order valence-corrected chi connectivity index (χ2v) is 7.82. The molecule has 0 atom stereocenters. The lowest BCUT2D eigenvalue weighted by Gasteiger charge is -2.14. The first-order valence-corrected chi connectivity index (χ1v) is 10.9. The summed E-state index contributed by atoms with van der Waals surface area (Å²) in [5, 5.41) is 9.39. The molecule has 158 valence electrons. The van der Waals surface area contributed by atoms with E-state index in [1.54, 1.807) is 30.3 Å². The number of carbonyl (C=O) groups is 1. The first-order valence-electron chi connectivity index (χ1n) is 9.76. The molecule has 0 aliphatic heterocycles. The van der Waals surface area contributed by atoms with E-state index >= 15 is 0 Å². The second-order valence-electron chi connectivity index (χ2n) is 6.50. The summed E-state index contributed by atoms with van der Waals surface area (Å²) in [4.78, 5) is 12.3. The van der Waals surface area contributed by atoms with Gasteiger partial charge in [0.05, 0.1) is 16.4 Å². The minimum absolute atomic E-state index is 0.392. The third-order valence-electron chi connectivity index (χ3n) is 4.16. The standard InChI is InChI=1S/C21H28BrClN4O2/c22-16-9-10-20(29-14-13-25-12-6-2-1-5-11-24)19(15-16)27-21(28)26-18-8-4-3-7-17(18)23/h3-4,7-10,15,25H,1-2,5-6,11-14,24H2,(H2,26,27,28). The topological polar surface area (TPSA) is 88.4 Å². The van der Waals surface area contributed by atoms with Crippen LogP contribution < -0.4 is 26.4 Å². The molecule has 8 heteroatoms. The molecule has 2 aromatic rings. The summed E-state index contributed by atoms with van der Waals surface area (Å²) in [7, 11) is 0. The third kappa shape index (κ3) is 9.04. The molecule has 0 fully saturated rings. The van der Waals surface area contributed by atoms with Crippen molar-refractivity contribution in [2.75, 3.05) is 36.9 Å². The number of rotatable bonds is 12. The fraction of sp³-hybridized carbons (Fsp3) is 0.381. The Bertz CT molecular complexity index is 776. The number of unbranched alkanes of at least 4 members (excludes halogenated alkanes) is 3. The summed E-state index contributed by atoms with van der Waals surface area (Å²) in [6, 6.07) is 12.2. The van der Waals surface area contributed by atoms with E-state index in [0.29, 0.717) is 28.8 Å². The maximum absolute atomic E-state index is 12.3. The van der Waals surface area contributed by atoms with Crippen LogP contribution in [0.25, 0.3) is 0 Å². The van der Waals surface area contributed by atoms with Crippen LogP contribution in [0, 0.1) is 0 Å².